The molecule has 1 heterocycles. The summed E-state index contributed by atoms with van der Waals surface area (Å²) >= 11 is 0. The van der Waals surface area contributed by atoms with Gasteiger partial charge in [-0.05, 0) is 34.4 Å². The molecule has 5 heteroatoms. The molecule has 5 nitrogen and oxygen atoms in total. The average Bonchev–Trinajstić information content (AvgIpc) is 2.75. The first-order valence-electron chi connectivity index (χ1n) is 9.43. The summed E-state index contributed by atoms with van der Waals surface area (Å²) < 4.78 is 11.6. The molecule has 2 aromatic carbocycles. The van der Waals surface area contributed by atoms with Gasteiger partial charge in [-0.25, -0.2) is 0 Å². The molecule has 0 aliphatic rings. The van der Waals surface area contributed by atoms with Gasteiger partial charge in [-0.3, -0.25) is 4.98 Å². The lowest BCUT2D eigenvalue weighted by Gasteiger charge is -2.08. The molecule has 1 aromatic heterocycles. The predicted molar refractivity (Wildman–Crippen MR) is 110 cm³/mol. The van der Waals surface area contributed by atoms with E-state index in [-0.39, 0.29) is 0 Å². The quantitative estimate of drug-likeness (QED) is 0.565. The minimum Gasteiger partial charge on any atom is -0.370 e. The molecule has 0 unspecified atom stereocenters. The highest BCUT2D eigenvalue weighted by Gasteiger charge is 2.01. The van der Waals surface area contributed by atoms with E-state index in [0.717, 1.165) is 33.6 Å². The van der Waals surface area contributed by atoms with Crippen LogP contribution in [0.4, 0.5) is 0 Å². The van der Waals surface area contributed by atoms with Gasteiger partial charge in [0.1, 0.15) is 0 Å². The fourth-order valence-corrected chi connectivity index (χ4v) is 2.78. The van der Waals surface area contributed by atoms with Gasteiger partial charge < -0.3 is 20.9 Å². The average molecular weight is 377 g/mol. The predicted octanol–water partition coefficient (Wildman–Crippen LogP) is 3.43. The van der Waals surface area contributed by atoms with Gasteiger partial charge in [0.05, 0.1) is 37.8 Å². The molecule has 0 spiro atoms. The second-order valence-corrected chi connectivity index (χ2v) is 6.65. The molecule has 0 bridgehead atoms. The van der Waals surface area contributed by atoms with Crippen molar-refractivity contribution in [3.63, 3.8) is 0 Å². The second kappa shape index (κ2) is 10.7. The van der Waals surface area contributed by atoms with Crippen molar-refractivity contribution < 1.29 is 9.47 Å². The first-order valence-corrected chi connectivity index (χ1v) is 9.43. The lowest BCUT2D eigenvalue weighted by molar-refractivity contribution is 0.0980. The molecule has 0 saturated carbocycles. The van der Waals surface area contributed by atoms with Crippen LogP contribution in [0.5, 0.6) is 0 Å². The van der Waals surface area contributed by atoms with Crippen molar-refractivity contribution in [2.45, 2.75) is 39.5 Å². The van der Waals surface area contributed by atoms with Crippen molar-refractivity contribution in [1.29, 1.82) is 0 Å². The zero-order valence-corrected chi connectivity index (χ0v) is 16.0. The van der Waals surface area contributed by atoms with Crippen LogP contribution in [-0.4, -0.2) is 4.98 Å². The first-order chi connectivity index (χ1) is 13.8. The molecule has 3 aromatic rings. The summed E-state index contributed by atoms with van der Waals surface area (Å²) in [6, 6.07) is 22.2. The maximum atomic E-state index is 5.79. The van der Waals surface area contributed by atoms with Gasteiger partial charge in [0.15, 0.2) is 0 Å². The maximum Gasteiger partial charge on any atom is 0.0892 e. The topological polar surface area (TPSA) is 83.4 Å². The Bertz CT molecular complexity index is 780. The lowest BCUT2D eigenvalue weighted by Crippen LogP contribution is -2.02. The molecule has 0 radical (unpaired) electrons. The molecule has 0 atom stereocenters. The van der Waals surface area contributed by atoms with E-state index in [0.29, 0.717) is 39.5 Å². The Hall–Kier alpha value is -2.57. The van der Waals surface area contributed by atoms with E-state index in [4.69, 9.17) is 20.9 Å². The van der Waals surface area contributed by atoms with Gasteiger partial charge in [0.2, 0.25) is 0 Å². The molecule has 0 amide bonds. The number of aromatic nitrogens is 1. The van der Waals surface area contributed by atoms with Crippen LogP contribution in [0.1, 0.15) is 33.6 Å². The van der Waals surface area contributed by atoms with Crippen molar-refractivity contribution in [1.82, 2.24) is 4.98 Å². The van der Waals surface area contributed by atoms with Crippen LogP contribution in [0.25, 0.3) is 0 Å². The summed E-state index contributed by atoms with van der Waals surface area (Å²) in [6.07, 6.45) is 0. The monoisotopic (exact) mass is 377 g/mol. The van der Waals surface area contributed by atoms with Crippen LogP contribution >= 0.6 is 0 Å². The van der Waals surface area contributed by atoms with Gasteiger partial charge in [-0.2, -0.15) is 0 Å². The molecule has 4 N–H and O–H groups in total. The van der Waals surface area contributed by atoms with Crippen LogP contribution < -0.4 is 11.5 Å². The van der Waals surface area contributed by atoms with Gasteiger partial charge in [-0.1, -0.05) is 54.6 Å². The van der Waals surface area contributed by atoms with Crippen molar-refractivity contribution in [2.24, 2.45) is 11.5 Å². The molecule has 146 valence electrons. The van der Waals surface area contributed by atoms with Gasteiger partial charge in [0, 0.05) is 13.1 Å². The Labute approximate surface area is 166 Å². The van der Waals surface area contributed by atoms with Gasteiger partial charge in [-0.15, -0.1) is 0 Å². The van der Waals surface area contributed by atoms with Gasteiger partial charge >= 0.3 is 0 Å². The van der Waals surface area contributed by atoms with Crippen LogP contribution in [0.3, 0.4) is 0 Å². The second-order valence-electron chi connectivity index (χ2n) is 6.65. The van der Waals surface area contributed by atoms with E-state index in [9.17, 15) is 0 Å². The SMILES string of the molecule is NCc1ccc(COCc2cccc(COCc3ccc(CN)cc3)n2)cc1. The molecule has 3 rings (SSSR count). The molecule has 0 fully saturated rings. The Kier molecular flexibility index (Phi) is 7.70. The van der Waals surface area contributed by atoms with Crippen LogP contribution in [0, 0.1) is 0 Å². The number of benzene rings is 2. The minimum absolute atomic E-state index is 0.465. The van der Waals surface area contributed by atoms with E-state index in [2.05, 4.69) is 4.98 Å². The minimum atomic E-state index is 0.465. The zero-order valence-electron chi connectivity index (χ0n) is 16.0. The Balaban J connectivity index is 1.43. The van der Waals surface area contributed by atoms with Crippen LogP contribution in [0.2, 0.25) is 0 Å². The van der Waals surface area contributed by atoms with E-state index in [1.54, 1.807) is 0 Å². The standard InChI is InChI=1S/C23H27N3O2/c24-12-18-4-8-20(9-5-18)14-27-16-22-2-1-3-23(26-22)17-28-15-21-10-6-19(13-25)7-11-21/h1-11H,12-17,24-25H2. The number of hydrogen-bond acceptors (Lipinski definition) is 5. The first kappa shape index (κ1) is 20.2. The summed E-state index contributed by atoms with van der Waals surface area (Å²) in [7, 11) is 0. The zero-order chi connectivity index (χ0) is 19.6. The summed E-state index contributed by atoms with van der Waals surface area (Å²) in [5, 5.41) is 0. The molecule has 0 saturated heterocycles. The Morgan fingerprint density at radius 1 is 0.536 bits per heavy atom. The van der Waals surface area contributed by atoms with Crippen molar-refractivity contribution in [2.75, 3.05) is 0 Å². The molecular formula is C23H27N3O2. The van der Waals surface area contributed by atoms with Crippen LogP contribution in [-0.2, 0) is 49.0 Å². The third kappa shape index (κ3) is 6.25. The Morgan fingerprint density at radius 3 is 1.32 bits per heavy atom. The lowest BCUT2D eigenvalue weighted by atomic mass is 10.1. The molecular weight excluding hydrogens is 350 g/mol. The Morgan fingerprint density at radius 2 is 0.929 bits per heavy atom. The fourth-order valence-electron chi connectivity index (χ4n) is 2.78. The number of nitrogens with zero attached hydrogens (tertiary/aromatic N) is 1. The summed E-state index contributed by atoms with van der Waals surface area (Å²) in [5.41, 5.74) is 17.5. The maximum absolute atomic E-state index is 5.79. The molecule has 0 aliphatic carbocycles. The summed E-state index contributed by atoms with van der Waals surface area (Å²) in [6.45, 7) is 3.13. The number of pyridine rings is 1. The van der Waals surface area contributed by atoms with Crippen LogP contribution in [0.15, 0.2) is 66.7 Å². The number of hydrogen-bond donors (Lipinski definition) is 2. The number of rotatable bonds is 10. The third-order valence-electron chi connectivity index (χ3n) is 4.42. The molecule has 0 aliphatic heterocycles. The highest BCUT2D eigenvalue weighted by molar-refractivity contribution is 5.22. The van der Waals surface area contributed by atoms with E-state index < -0.39 is 0 Å². The smallest absolute Gasteiger partial charge is 0.0892 e. The highest BCUT2D eigenvalue weighted by atomic mass is 16.5. The van der Waals surface area contributed by atoms with E-state index in [1.807, 2.05) is 66.7 Å². The highest BCUT2D eigenvalue weighted by Crippen LogP contribution is 2.10. The summed E-state index contributed by atoms with van der Waals surface area (Å²) in [4.78, 5) is 4.61. The summed E-state index contributed by atoms with van der Waals surface area (Å²) in [5.74, 6) is 0. The number of nitrogens with two attached hydrogens (primary N) is 2. The van der Waals surface area contributed by atoms with Crippen molar-refractivity contribution >= 4 is 0 Å². The largest absolute Gasteiger partial charge is 0.370 e. The van der Waals surface area contributed by atoms with Crippen molar-refractivity contribution in [3.8, 4) is 0 Å². The molecule has 28 heavy (non-hydrogen) atoms. The number of ether oxygens (including phenoxy) is 2. The normalized spacial score (nSPS) is 10.9. The third-order valence-corrected chi connectivity index (χ3v) is 4.42. The van der Waals surface area contributed by atoms with Crippen molar-refractivity contribution in [3.05, 3.63) is 100 Å². The fraction of sp³-hybridized carbons (Fsp3) is 0.261. The van der Waals surface area contributed by atoms with Gasteiger partial charge in [0.25, 0.3) is 0 Å². The van der Waals surface area contributed by atoms with E-state index in [1.165, 1.54) is 0 Å². The van der Waals surface area contributed by atoms with E-state index >= 15 is 0 Å².